The number of carbonyl (C=O) groups excluding carboxylic acids is 1. The number of rotatable bonds is 4. The minimum Gasteiger partial charge on any atom is -0.542 e. The maximum absolute atomic E-state index is 10.7. The van der Waals surface area contributed by atoms with Crippen molar-refractivity contribution in [3.8, 4) is 0 Å². The van der Waals surface area contributed by atoms with Crippen LogP contribution in [0.4, 0.5) is 24.5 Å². The topological polar surface area (TPSA) is 126 Å². The molecule has 0 atom stereocenters. The lowest BCUT2D eigenvalue weighted by Gasteiger charge is -2.03. The Balaban J connectivity index is 0.000000412. The summed E-state index contributed by atoms with van der Waals surface area (Å²) in [6, 6.07) is 12.8. The van der Waals surface area contributed by atoms with Gasteiger partial charge in [0, 0.05) is 12.1 Å². The van der Waals surface area contributed by atoms with E-state index in [-0.39, 0.29) is 11.4 Å². The number of hydrogen-bond acceptors (Lipinski definition) is 6. The number of non-ortho nitro benzene ring substituents is 2. The quantitative estimate of drug-likeness (QED) is 0.309. The van der Waals surface area contributed by atoms with Gasteiger partial charge >= 0.3 is 27.4 Å². The Morgan fingerprint density at radius 2 is 1.23 bits per heavy atom. The van der Waals surface area contributed by atoms with Gasteiger partial charge in [-0.25, -0.2) is 0 Å². The number of nitrogens with zero attached hydrogens (tertiary/aromatic N) is 2. The number of alkyl halides is 3. The first kappa shape index (κ1) is 21.3. The van der Waals surface area contributed by atoms with Crippen LogP contribution < -0.4 is 26.3 Å². The highest BCUT2D eigenvalue weighted by molar-refractivity contribution is 5.70. The summed E-state index contributed by atoms with van der Waals surface area (Å²) in [4.78, 5) is 29.3. The largest absolute Gasteiger partial charge is 0.542 e. The third-order valence-electron chi connectivity index (χ3n) is 2.49. The van der Waals surface area contributed by atoms with Crippen molar-refractivity contribution in [2.45, 2.75) is 6.18 Å². The molecule has 0 bridgehead atoms. The molecule has 0 spiro atoms. The van der Waals surface area contributed by atoms with Gasteiger partial charge in [-0.1, -0.05) is 12.1 Å². The Labute approximate surface area is 153 Å². The molecule has 0 aromatic heterocycles. The van der Waals surface area contributed by atoms with Crippen LogP contribution in [0.5, 0.6) is 0 Å². The summed E-state index contributed by atoms with van der Waals surface area (Å²) in [7, 11) is 0. The van der Waals surface area contributed by atoms with Gasteiger partial charge in [-0.3, -0.25) is 20.2 Å². The van der Waals surface area contributed by atoms with Gasteiger partial charge in [0.1, 0.15) is 5.97 Å². The summed E-state index contributed by atoms with van der Waals surface area (Å²) < 4.78 is 33.3. The Bertz CT molecular complexity index is 773. The first-order chi connectivity index (χ1) is 12.0. The van der Waals surface area contributed by atoms with E-state index in [9.17, 15) is 33.4 Å². The number of nitro groups is 2. The highest BCUT2D eigenvalue weighted by Gasteiger charge is 2.28. The zero-order valence-electron chi connectivity index (χ0n) is 12.5. The summed E-state index contributed by atoms with van der Waals surface area (Å²) in [6.45, 7) is 0. The lowest BCUT2D eigenvalue weighted by molar-refractivity contribution is -0.598. The molecule has 0 aliphatic heterocycles. The van der Waals surface area contributed by atoms with Crippen molar-refractivity contribution in [2.75, 3.05) is 0 Å². The molecule has 0 saturated carbocycles. The number of aliphatic carboxylic acids is 1. The third kappa shape index (κ3) is 7.00. The standard InChI is InChI=1S/C12H8IN2O4.C2HF3O2/c16-14(17)11-5-1-3-9(7-11)13-10-4-2-6-12(8-10)15(18)19;3-2(4,5)1(6)7/h1-8H;(H,6,7)/q+1;/p-1. The van der Waals surface area contributed by atoms with Gasteiger partial charge < -0.3 is 9.90 Å². The van der Waals surface area contributed by atoms with E-state index in [0.717, 1.165) is 7.14 Å². The summed E-state index contributed by atoms with van der Waals surface area (Å²) in [5.74, 6) is -3.01. The predicted molar refractivity (Wildman–Crippen MR) is 74.6 cm³/mol. The van der Waals surface area contributed by atoms with Crippen molar-refractivity contribution in [3.63, 3.8) is 0 Å². The van der Waals surface area contributed by atoms with Gasteiger partial charge in [0.25, 0.3) is 11.4 Å². The molecule has 0 aliphatic rings. The fourth-order valence-corrected chi connectivity index (χ4v) is 3.87. The fraction of sp³-hybridized carbons (Fsp3) is 0.0714. The van der Waals surface area contributed by atoms with Gasteiger partial charge in [0.2, 0.25) is 7.14 Å². The van der Waals surface area contributed by atoms with Crippen LogP contribution in [0.3, 0.4) is 0 Å². The van der Waals surface area contributed by atoms with Crippen LogP contribution in [0.1, 0.15) is 0 Å². The first-order valence-electron chi connectivity index (χ1n) is 6.42. The lowest BCUT2D eigenvalue weighted by atomic mass is 10.3. The molecule has 0 amide bonds. The molecule has 2 aromatic carbocycles. The minimum atomic E-state index is -5.19. The molecule has 0 radical (unpaired) electrons. The summed E-state index contributed by atoms with van der Waals surface area (Å²) in [6.07, 6.45) is -5.19. The highest BCUT2D eigenvalue weighted by atomic mass is 127. The van der Waals surface area contributed by atoms with E-state index in [1.54, 1.807) is 24.3 Å². The van der Waals surface area contributed by atoms with Crippen LogP contribution in [0, 0.1) is 27.4 Å². The van der Waals surface area contributed by atoms with Crippen LogP contribution >= 0.6 is 0 Å². The van der Waals surface area contributed by atoms with E-state index in [1.807, 2.05) is 0 Å². The molecule has 0 heterocycles. The van der Waals surface area contributed by atoms with Crippen LogP contribution in [-0.2, 0) is 4.79 Å². The molecule has 0 fully saturated rings. The second-order valence-electron chi connectivity index (χ2n) is 4.35. The first-order valence-corrected chi connectivity index (χ1v) is 8.58. The molecule has 12 heteroatoms. The van der Waals surface area contributed by atoms with Gasteiger partial charge in [-0.2, -0.15) is 13.2 Å². The second-order valence-corrected chi connectivity index (χ2v) is 7.38. The van der Waals surface area contributed by atoms with Crippen LogP contribution in [0.2, 0.25) is 0 Å². The Morgan fingerprint density at radius 3 is 1.50 bits per heavy atom. The summed E-state index contributed by atoms with van der Waals surface area (Å²) >= 11 is -0.665. The number of halogens is 4. The van der Waals surface area contributed by atoms with Crippen molar-refractivity contribution in [3.05, 3.63) is 75.9 Å². The van der Waals surface area contributed by atoms with Gasteiger partial charge in [-0.15, -0.1) is 0 Å². The van der Waals surface area contributed by atoms with Crippen molar-refractivity contribution < 1.29 is 54.1 Å². The molecule has 0 saturated heterocycles. The van der Waals surface area contributed by atoms with Crippen LogP contribution in [0.25, 0.3) is 0 Å². The Morgan fingerprint density at radius 1 is 0.885 bits per heavy atom. The molecule has 0 N–H and O–H groups in total. The van der Waals surface area contributed by atoms with Crippen molar-refractivity contribution in [1.82, 2.24) is 0 Å². The minimum absolute atomic E-state index is 0.0441. The number of carbonyl (C=O) groups is 1. The van der Waals surface area contributed by atoms with Gasteiger partial charge in [0.05, 0.1) is 22.0 Å². The number of benzene rings is 2. The Hall–Kier alpha value is -2.77. The number of hydrogen-bond donors (Lipinski definition) is 0. The number of carboxylic acid groups (broad SMARTS) is 1. The number of carboxylic acids is 1. The van der Waals surface area contributed by atoms with Crippen LogP contribution in [-0.4, -0.2) is 22.0 Å². The lowest BCUT2D eigenvalue weighted by Crippen LogP contribution is -3.61. The molecule has 2 rings (SSSR count). The zero-order valence-corrected chi connectivity index (χ0v) is 14.6. The average Bonchev–Trinajstić information content (AvgIpc) is 2.55. The average molecular weight is 484 g/mol. The highest BCUT2D eigenvalue weighted by Crippen LogP contribution is 2.11. The molecule has 2 aromatic rings. The van der Waals surface area contributed by atoms with Crippen molar-refractivity contribution in [1.29, 1.82) is 0 Å². The van der Waals surface area contributed by atoms with E-state index in [1.165, 1.54) is 24.3 Å². The van der Waals surface area contributed by atoms with Gasteiger partial charge in [0.15, 0.2) is 0 Å². The van der Waals surface area contributed by atoms with Crippen LogP contribution in [0.15, 0.2) is 48.5 Å². The molecule has 0 unspecified atom stereocenters. The molecule has 138 valence electrons. The maximum Gasteiger partial charge on any atom is 0.430 e. The van der Waals surface area contributed by atoms with E-state index in [4.69, 9.17) is 9.90 Å². The van der Waals surface area contributed by atoms with Gasteiger partial charge in [-0.05, 0) is 12.1 Å². The van der Waals surface area contributed by atoms with E-state index < -0.39 is 43.2 Å². The summed E-state index contributed by atoms with van der Waals surface area (Å²) in [5, 5.41) is 30.1. The molecule has 8 nitrogen and oxygen atoms in total. The fourth-order valence-electron chi connectivity index (χ4n) is 1.42. The molecular weight excluding hydrogens is 476 g/mol. The molecular formula is C14H8F3IN2O6. The van der Waals surface area contributed by atoms with E-state index >= 15 is 0 Å². The second kappa shape index (κ2) is 9.07. The SMILES string of the molecule is O=C([O-])C(F)(F)F.O=[N+]([O-])c1cccc([I+]c2cccc([N+](=O)[O-])c2)c1. The smallest absolute Gasteiger partial charge is 0.430 e. The van der Waals surface area contributed by atoms with Crippen molar-refractivity contribution >= 4 is 17.3 Å². The summed E-state index contributed by atoms with van der Waals surface area (Å²) in [5.41, 5.74) is 0.0882. The van der Waals surface area contributed by atoms with Crippen molar-refractivity contribution in [2.24, 2.45) is 0 Å². The maximum atomic E-state index is 10.7. The molecule has 0 aliphatic carbocycles. The monoisotopic (exact) mass is 484 g/mol. The number of nitro benzene ring substituents is 2. The molecule has 26 heavy (non-hydrogen) atoms. The third-order valence-corrected chi connectivity index (χ3v) is 5.08. The van der Waals surface area contributed by atoms with E-state index in [2.05, 4.69) is 0 Å². The van der Waals surface area contributed by atoms with E-state index in [0.29, 0.717) is 0 Å². The normalized spacial score (nSPS) is 10.4. The predicted octanol–water partition coefficient (Wildman–Crippen LogP) is -1.07. The zero-order chi connectivity index (χ0) is 19.9. The Kier molecular flexibility index (Phi) is 7.42.